The van der Waals surface area contributed by atoms with Crippen molar-refractivity contribution in [1.82, 2.24) is 10.9 Å². The molecule has 2 N–H and O–H groups in total. The first-order valence-corrected chi connectivity index (χ1v) is 7.22. The molecule has 6 heteroatoms. The van der Waals surface area contributed by atoms with Crippen molar-refractivity contribution in [1.29, 1.82) is 0 Å². The van der Waals surface area contributed by atoms with Gasteiger partial charge in [-0.2, -0.15) is 0 Å². The van der Waals surface area contributed by atoms with E-state index in [-0.39, 0.29) is 18.1 Å². The van der Waals surface area contributed by atoms with Crippen LogP contribution < -0.4 is 15.6 Å². The monoisotopic (exact) mass is 328 g/mol. The second-order valence-electron chi connectivity index (χ2n) is 4.95. The van der Waals surface area contributed by atoms with E-state index < -0.39 is 5.91 Å². The number of rotatable bonds is 5. The zero-order valence-electron chi connectivity index (χ0n) is 13.1. The molecule has 0 fully saturated rings. The Balaban J connectivity index is 1.78. The number of benzene rings is 2. The van der Waals surface area contributed by atoms with Gasteiger partial charge in [-0.15, -0.1) is 0 Å². The number of hydrogen-bond acceptors (Lipinski definition) is 3. The normalized spacial score (nSPS) is 10.4. The number of carbonyl (C=O) groups is 2. The molecule has 2 aromatic carbocycles. The van der Waals surface area contributed by atoms with Gasteiger partial charge < -0.3 is 4.74 Å². The molecule has 0 atom stereocenters. The number of methoxy groups -OCH3 is 1. The summed E-state index contributed by atoms with van der Waals surface area (Å²) in [4.78, 5) is 23.4. The summed E-state index contributed by atoms with van der Waals surface area (Å²) in [6, 6.07) is 12.7. The smallest absolute Gasteiger partial charge is 0.262 e. The summed E-state index contributed by atoms with van der Waals surface area (Å²) in [5.41, 5.74) is 6.08. The van der Waals surface area contributed by atoms with Gasteiger partial charge in [0.15, 0.2) is 0 Å². The molecule has 0 spiro atoms. The van der Waals surface area contributed by atoms with Gasteiger partial charge in [0.1, 0.15) is 11.6 Å². The quantitative estimate of drug-likeness (QED) is 0.653. The van der Waals surface area contributed by atoms with Crippen molar-refractivity contribution in [3.63, 3.8) is 0 Å². The summed E-state index contributed by atoms with van der Waals surface area (Å²) in [5.74, 6) is -0.466. The van der Waals surface area contributed by atoms with E-state index in [0.29, 0.717) is 11.3 Å². The van der Waals surface area contributed by atoms with Crippen LogP contribution in [0.25, 0.3) is 6.08 Å². The van der Waals surface area contributed by atoms with E-state index in [1.807, 2.05) is 0 Å². The molecule has 0 saturated carbocycles. The SMILES string of the molecule is COc1ccc(CC(=O)NNC(=O)C=Cc2ccc(F)cc2)cc1. The third-order valence-electron chi connectivity index (χ3n) is 3.15. The Bertz CT molecular complexity index is 725. The maximum absolute atomic E-state index is 12.8. The molecule has 0 unspecified atom stereocenters. The number of ether oxygens (including phenoxy) is 1. The molecule has 0 aliphatic heterocycles. The highest BCUT2D eigenvalue weighted by Gasteiger charge is 2.04. The highest BCUT2D eigenvalue weighted by molar-refractivity contribution is 5.93. The number of hydrazine groups is 1. The molecule has 24 heavy (non-hydrogen) atoms. The van der Waals surface area contributed by atoms with E-state index in [4.69, 9.17) is 4.74 Å². The third kappa shape index (κ3) is 5.57. The van der Waals surface area contributed by atoms with E-state index in [2.05, 4.69) is 10.9 Å². The number of nitrogens with one attached hydrogen (secondary N) is 2. The van der Waals surface area contributed by atoms with E-state index in [1.165, 1.54) is 24.3 Å². The Kier molecular flexibility index (Phi) is 6.08. The molecule has 0 aliphatic rings. The molecular formula is C18H17FN2O3. The van der Waals surface area contributed by atoms with Gasteiger partial charge >= 0.3 is 0 Å². The van der Waals surface area contributed by atoms with Gasteiger partial charge in [0.05, 0.1) is 13.5 Å². The van der Waals surface area contributed by atoms with Crippen molar-refractivity contribution in [2.24, 2.45) is 0 Å². The number of amides is 2. The zero-order chi connectivity index (χ0) is 17.4. The lowest BCUT2D eigenvalue weighted by atomic mass is 10.1. The van der Waals surface area contributed by atoms with Gasteiger partial charge in [0, 0.05) is 6.08 Å². The van der Waals surface area contributed by atoms with Crippen LogP contribution >= 0.6 is 0 Å². The van der Waals surface area contributed by atoms with Crippen LogP contribution in [0.2, 0.25) is 0 Å². The van der Waals surface area contributed by atoms with Gasteiger partial charge in [-0.25, -0.2) is 4.39 Å². The highest BCUT2D eigenvalue weighted by atomic mass is 19.1. The Hall–Kier alpha value is -3.15. The summed E-state index contributed by atoms with van der Waals surface area (Å²) in [6.45, 7) is 0. The summed E-state index contributed by atoms with van der Waals surface area (Å²) in [6.07, 6.45) is 2.90. The van der Waals surface area contributed by atoms with Crippen LogP contribution in [-0.2, 0) is 16.0 Å². The lowest BCUT2D eigenvalue weighted by Gasteiger charge is -2.06. The van der Waals surface area contributed by atoms with Crippen LogP contribution in [0.5, 0.6) is 5.75 Å². The summed E-state index contributed by atoms with van der Waals surface area (Å²) >= 11 is 0. The van der Waals surface area contributed by atoms with Gasteiger partial charge in [-0.05, 0) is 41.5 Å². The van der Waals surface area contributed by atoms with Gasteiger partial charge in [-0.3, -0.25) is 20.4 Å². The molecule has 0 heterocycles. The number of hydrogen-bond donors (Lipinski definition) is 2. The average Bonchev–Trinajstić information content (AvgIpc) is 2.60. The molecule has 0 saturated heterocycles. The first-order valence-electron chi connectivity index (χ1n) is 7.22. The van der Waals surface area contributed by atoms with Crippen LogP contribution in [0.3, 0.4) is 0 Å². The molecule has 0 radical (unpaired) electrons. The first-order chi connectivity index (χ1) is 11.6. The summed E-state index contributed by atoms with van der Waals surface area (Å²) < 4.78 is 17.8. The van der Waals surface area contributed by atoms with Gasteiger partial charge in [-0.1, -0.05) is 24.3 Å². The third-order valence-corrected chi connectivity index (χ3v) is 3.15. The Labute approximate surface area is 139 Å². The van der Waals surface area contributed by atoms with Crippen LogP contribution in [-0.4, -0.2) is 18.9 Å². The standard InChI is InChI=1S/C18H17FN2O3/c1-24-16-9-4-14(5-10-16)12-18(23)21-20-17(22)11-6-13-2-7-15(19)8-3-13/h2-11H,12H2,1H3,(H,20,22)(H,21,23). The van der Waals surface area contributed by atoms with Crippen molar-refractivity contribution in [2.75, 3.05) is 7.11 Å². The number of carbonyl (C=O) groups excluding carboxylic acids is 2. The fourth-order valence-electron chi connectivity index (χ4n) is 1.89. The van der Waals surface area contributed by atoms with E-state index in [1.54, 1.807) is 43.5 Å². The Morgan fingerprint density at radius 1 is 1.04 bits per heavy atom. The van der Waals surface area contributed by atoms with Crippen LogP contribution in [0.4, 0.5) is 4.39 Å². The minimum absolute atomic E-state index is 0.131. The van der Waals surface area contributed by atoms with Crippen LogP contribution in [0, 0.1) is 5.82 Å². The summed E-state index contributed by atoms with van der Waals surface area (Å²) in [5, 5.41) is 0. The molecule has 0 aliphatic carbocycles. The molecule has 2 amide bonds. The largest absolute Gasteiger partial charge is 0.497 e. The summed E-state index contributed by atoms with van der Waals surface area (Å²) in [7, 11) is 1.57. The minimum atomic E-state index is -0.484. The maximum atomic E-state index is 12.8. The predicted molar refractivity (Wildman–Crippen MR) is 88.4 cm³/mol. The van der Waals surface area contributed by atoms with E-state index in [0.717, 1.165) is 5.56 Å². The second kappa shape index (κ2) is 8.47. The van der Waals surface area contributed by atoms with Crippen molar-refractivity contribution in [2.45, 2.75) is 6.42 Å². The Morgan fingerprint density at radius 3 is 2.33 bits per heavy atom. The second-order valence-corrected chi connectivity index (χ2v) is 4.95. The fourth-order valence-corrected chi connectivity index (χ4v) is 1.89. The van der Waals surface area contributed by atoms with Crippen molar-refractivity contribution in [3.05, 3.63) is 71.6 Å². The molecule has 5 nitrogen and oxygen atoms in total. The van der Waals surface area contributed by atoms with E-state index in [9.17, 15) is 14.0 Å². The van der Waals surface area contributed by atoms with Gasteiger partial charge in [0.25, 0.3) is 5.91 Å². The van der Waals surface area contributed by atoms with Crippen molar-refractivity contribution in [3.8, 4) is 5.75 Å². The lowest BCUT2D eigenvalue weighted by Crippen LogP contribution is -2.41. The molecule has 2 rings (SSSR count). The molecule has 2 aromatic rings. The Morgan fingerprint density at radius 2 is 1.71 bits per heavy atom. The van der Waals surface area contributed by atoms with Crippen LogP contribution in [0.1, 0.15) is 11.1 Å². The lowest BCUT2D eigenvalue weighted by molar-refractivity contribution is -0.126. The molecule has 124 valence electrons. The average molecular weight is 328 g/mol. The van der Waals surface area contributed by atoms with Crippen molar-refractivity contribution < 1.29 is 18.7 Å². The number of halogens is 1. The first kappa shape index (κ1) is 17.2. The highest BCUT2D eigenvalue weighted by Crippen LogP contribution is 2.11. The zero-order valence-corrected chi connectivity index (χ0v) is 13.1. The minimum Gasteiger partial charge on any atom is -0.497 e. The molecular weight excluding hydrogens is 311 g/mol. The molecule has 0 aromatic heterocycles. The molecule has 0 bridgehead atoms. The fraction of sp³-hybridized carbons (Fsp3) is 0.111. The predicted octanol–water partition coefficient (Wildman–Crippen LogP) is 2.24. The van der Waals surface area contributed by atoms with E-state index >= 15 is 0 Å². The van der Waals surface area contributed by atoms with Gasteiger partial charge in [0.2, 0.25) is 5.91 Å². The maximum Gasteiger partial charge on any atom is 0.262 e. The van der Waals surface area contributed by atoms with Crippen molar-refractivity contribution >= 4 is 17.9 Å². The topological polar surface area (TPSA) is 67.4 Å². The van der Waals surface area contributed by atoms with Crippen LogP contribution in [0.15, 0.2) is 54.6 Å².